The minimum absolute atomic E-state index is 0. The van der Waals surface area contributed by atoms with Crippen LogP contribution in [0.1, 0.15) is 19.8 Å². The van der Waals surface area contributed by atoms with Crippen LogP contribution in [0, 0.1) is 5.41 Å². The standard InChI is InChI=1S/C6H13NO.ClH/c1-5(7)6(4-8)2-3-6;/h5,8H,2-4,7H2,1H3;1H/t5-;/m0./s1. The summed E-state index contributed by atoms with van der Waals surface area (Å²) in [5, 5.41) is 8.75. The Bertz CT molecular complexity index is 91.1. The molecule has 9 heavy (non-hydrogen) atoms. The third-order valence-corrected chi connectivity index (χ3v) is 2.17. The number of nitrogens with two attached hydrogens (primary N) is 1. The van der Waals surface area contributed by atoms with Crippen molar-refractivity contribution in [1.82, 2.24) is 0 Å². The Hall–Kier alpha value is 0.210. The summed E-state index contributed by atoms with van der Waals surface area (Å²) < 4.78 is 0. The SMILES string of the molecule is C[C@H](N)C1(CO)CC1.Cl. The maximum absolute atomic E-state index is 8.75. The topological polar surface area (TPSA) is 46.2 Å². The van der Waals surface area contributed by atoms with Crippen molar-refractivity contribution in [3.63, 3.8) is 0 Å². The van der Waals surface area contributed by atoms with Crippen LogP contribution < -0.4 is 5.73 Å². The summed E-state index contributed by atoms with van der Waals surface area (Å²) in [6, 6.07) is 0.174. The van der Waals surface area contributed by atoms with Crippen LogP contribution in [-0.2, 0) is 0 Å². The number of hydrogen-bond acceptors (Lipinski definition) is 2. The van der Waals surface area contributed by atoms with E-state index in [9.17, 15) is 0 Å². The highest BCUT2D eigenvalue weighted by molar-refractivity contribution is 5.85. The van der Waals surface area contributed by atoms with Gasteiger partial charge in [0.25, 0.3) is 0 Å². The van der Waals surface area contributed by atoms with Crippen LogP contribution in [0.3, 0.4) is 0 Å². The first-order chi connectivity index (χ1) is 3.71. The second-order valence-electron chi connectivity index (χ2n) is 2.81. The zero-order valence-electron chi connectivity index (χ0n) is 5.63. The molecule has 2 nitrogen and oxygen atoms in total. The molecule has 3 heteroatoms. The lowest BCUT2D eigenvalue weighted by molar-refractivity contribution is 0.192. The van der Waals surface area contributed by atoms with Crippen LogP contribution in [0.5, 0.6) is 0 Å². The molecule has 0 saturated heterocycles. The van der Waals surface area contributed by atoms with Crippen molar-refractivity contribution >= 4 is 12.4 Å². The van der Waals surface area contributed by atoms with Gasteiger partial charge in [-0.2, -0.15) is 0 Å². The van der Waals surface area contributed by atoms with Crippen molar-refractivity contribution in [2.24, 2.45) is 11.1 Å². The normalized spacial score (nSPS) is 24.3. The van der Waals surface area contributed by atoms with Crippen molar-refractivity contribution < 1.29 is 5.11 Å². The molecule has 1 rings (SSSR count). The minimum atomic E-state index is 0. The van der Waals surface area contributed by atoms with E-state index in [1.165, 1.54) is 0 Å². The highest BCUT2D eigenvalue weighted by Crippen LogP contribution is 2.47. The first-order valence-electron chi connectivity index (χ1n) is 3.08. The predicted octanol–water partition coefficient (Wildman–Crippen LogP) is 0.528. The summed E-state index contributed by atoms with van der Waals surface area (Å²) in [4.78, 5) is 0. The molecular weight excluding hydrogens is 138 g/mol. The highest BCUT2D eigenvalue weighted by atomic mass is 35.5. The monoisotopic (exact) mass is 151 g/mol. The van der Waals surface area contributed by atoms with E-state index in [0.29, 0.717) is 0 Å². The molecule has 1 fully saturated rings. The van der Waals surface area contributed by atoms with Crippen LogP contribution >= 0.6 is 12.4 Å². The summed E-state index contributed by atoms with van der Waals surface area (Å²) in [5.41, 5.74) is 5.71. The fourth-order valence-corrected chi connectivity index (χ4v) is 0.918. The van der Waals surface area contributed by atoms with E-state index in [4.69, 9.17) is 10.8 Å². The Balaban J connectivity index is 0.000000640. The van der Waals surface area contributed by atoms with Crippen LogP contribution in [0.4, 0.5) is 0 Å². The maximum atomic E-state index is 8.75. The predicted molar refractivity (Wildman–Crippen MR) is 39.7 cm³/mol. The molecule has 0 radical (unpaired) electrons. The smallest absolute Gasteiger partial charge is 0.0502 e. The molecule has 0 aliphatic heterocycles. The lowest BCUT2D eigenvalue weighted by atomic mass is 10.0. The van der Waals surface area contributed by atoms with E-state index in [2.05, 4.69) is 0 Å². The van der Waals surface area contributed by atoms with Crippen LogP contribution in [0.25, 0.3) is 0 Å². The van der Waals surface area contributed by atoms with Gasteiger partial charge in [0, 0.05) is 11.5 Å². The van der Waals surface area contributed by atoms with Gasteiger partial charge in [0.05, 0.1) is 6.61 Å². The zero-order chi connectivity index (χ0) is 6.20. The van der Waals surface area contributed by atoms with Gasteiger partial charge in [-0.05, 0) is 19.8 Å². The molecule has 0 bridgehead atoms. The second-order valence-corrected chi connectivity index (χ2v) is 2.81. The lowest BCUT2D eigenvalue weighted by Crippen LogP contribution is -2.30. The molecule has 0 heterocycles. The van der Waals surface area contributed by atoms with Gasteiger partial charge in [0.2, 0.25) is 0 Å². The summed E-state index contributed by atoms with van der Waals surface area (Å²) in [6.45, 7) is 2.23. The van der Waals surface area contributed by atoms with Gasteiger partial charge in [-0.25, -0.2) is 0 Å². The Kier molecular flexibility index (Phi) is 2.93. The van der Waals surface area contributed by atoms with Gasteiger partial charge in [-0.1, -0.05) is 0 Å². The van der Waals surface area contributed by atoms with Crippen molar-refractivity contribution in [3.8, 4) is 0 Å². The van der Waals surface area contributed by atoms with Gasteiger partial charge in [0.15, 0.2) is 0 Å². The number of aliphatic hydroxyl groups is 1. The van der Waals surface area contributed by atoms with Crippen molar-refractivity contribution in [2.75, 3.05) is 6.61 Å². The largest absolute Gasteiger partial charge is 0.396 e. The number of halogens is 1. The van der Waals surface area contributed by atoms with Gasteiger partial charge in [-0.15, -0.1) is 12.4 Å². The van der Waals surface area contributed by atoms with E-state index in [1.54, 1.807) is 0 Å². The number of aliphatic hydroxyl groups excluding tert-OH is 1. The lowest BCUT2D eigenvalue weighted by Gasteiger charge is -2.14. The molecule has 1 aliphatic carbocycles. The van der Waals surface area contributed by atoms with Crippen molar-refractivity contribution in [3.05, 3.63) is 0 Å². The molecule has 0 aromatic carbocycles. The Labute approximate surface area is 61.8 Å². The summed E-state index contributed by atoms with van der Waals surface area (Å²) in [6.07, 6.45) is 2.22. The average Bonchev–Trinajstić information content (AvgIpc) is 2.44. The highest BCUT2D eigenvalue weighted by Gasteiger charge is 2.45. The van der Waals surface area contributed by atoms with Gasteiger partial charge in [-0.3, -0.25) is 0 Å². The summed E-state index contributed by atoms with van der Waals surface area (Å²) in [7, 11) is 0. The van der Waals surface area contributed by atoms with E-state index < -0.39 is 0 Å². The third-order valence-electron chi connectivity index (χ3n) is 2.17. The molecule has 0 spiro atoms. The Morgan fingerprint density at radius 1 is 1.67 bits per heavy atom. The molecule has 1 atom stereocenters. The quantitative estimate of drug-likeness (QED) is 0.605. The summed E-state index contributed by atoms with van der Waals surface area (Å²) >= 11 is 0. The molecule has 0 aromatic heterocycles. The Morgan fingerprint density at radius 3 is 2.11 bits per heavy atom. The van der Waals surface area contributed by atoms with Crippen LogP contribution in [0.15, 0.2) is 0 Å². The second kappa shape index (κ2) is 2.86. The minimum Gasteiger partial charge on any atom is -0.396 e. The van der Waals surface area contributed by atoms with Gasteiger partial charge in [0.1, 0.15) is 0 Å². The van der Waals surface area contributed by atoms with Crippen molar-refractivity contribution in [2.45, 2.75) is 25.8 Å². The molecule has 1 aliphatic rings. The first kappa shape index (κ1) is 9.21. The van der Waals surface area contributed by atoms with Crippen LogP contribution in [0.2, 0.25) is 0 Å². The molecule has 0 aromatic rings. The molecular formula is C6H14ClNO. The fourth-order valence-electron chi connectivity index (χ4n) is 0.918. The zero-order valence-corrected chi connectivity index (χ0v) is 6.45. The third kappa shape index (κ3) is 1.57. The molecule has 1 saturated carbocycles. The molecule has 3 N–H and O–H groups in total. The van der Waals surface area contributed by atoms with E-state index in [-0.39, 0.29) is 30.5 Å². The number of hydrogen-bond donors (Lipinski definition) is 2. The average molecular weight is 152 g/mol. The molecule has 0 amide bonds. The van der Waals surface area contributed by atoms with E-state index in [0.717, 1.165) is 12.8 Å². The van der Waals surface area contributed by atoms with E-state index in [1.807, 2.05) is 6.92 Å². The first-order valence-corrected chi connectivity index (χ1v) is 3.08. The summed E-state index contributed by atoms with van der Waals surface area (Å²) in [5.74, 6) is 0. The van der Waals surface area contributed by atoms with Gasteiger partial charge >= 0.3 is 0 Å². The fraction of sp³-hybridized carbons (Fsp3) is 1.00. The Morgan fingerprint density at radius 2 is 2.11 bits per heavy atom. The number of rotatable bonds is 2. The van der Waals surface area contributed by atoms with Crippen LogP contribution in [-0.4, -0.2) is 17.8 Å². The van der Waals surface area contributed by atoms with Crippen molar-refractivity contribution in [1.29, 1.82) is 0 Å². The molecule has 56 valence electrons. The van der Waals surface area contributed by atoms with E-state index >= 15 is 0 Å². The van der Waals surface area contributed by atoms with Gasteiger partial charge < -0.3 is 10.8 Å². The molecule has 0 unspecified atom stereocenters. The maximum Gasteiger partial charge on any atom is 0.0502 e.